The zero-order chi connectivity index (χ0) is 15.4. The average Bonchev–Trinajstić information content (AvgIpc) is 2.98. The van der Waals surface area contributed by atoms with Crippen LogP contribution in [0.1, 0.15) is 11.1 Å². The third-order valence-electron chi connectivity index (χ3n) is 3.47. The second-order valence-electron chi connectivity index (χ2n) is 5.12. The number of hydrogen-bond acceptors (Lipinski definition) is 3. The average molecular weight is 296 g/mol. The van der Waals surface area contributed by atoms with Gasteiger partial charge in [0.1, 0.15) is 5.75 Å². The molecule has 22 heavy (non-hydrogen) atoms. The third kappa shape index (κ3) is 3.25. The number of carbonyl (C=O) groups excluding carboxylic acids is 2. The monoisotopic (exact) mass is 296 g/mol. The molecule has 0 bridgehead atoms. The van der Waals surface area contributed by atoms with E-state index in [1.807, 2.05) is 54.6 Å². The second kappa shape index (κ2) is 6.30. The predicted molar refractivity (Wildman–Crippen MR) is 81.0 cm³/mol. The van der Waals surface area contributed by atoms with E-state index in [2.05, 4.69) is 10.9 Å². The summed E-state index contributed by atoms with van der Waals surface area (Å²) >= 11 is 0. The van der Waals surface area contributed by atoms with Crippen molar-refractivity contribution in [3.05, 3.63) is 65.7 Å². The smallest absolute Gasteiger partial charge is 0.279 e. The SMILES string of the molecule is O=C(Cc1ccccc1)NNC(=O)[C@H]1Cc2ccccc2O1. The van der Waals surface area contributed by atoms with Crippen molar-refractivity contribution in [3.63, 3.8) is 0 Å². The number of hydrogen-bond donors (Lipinski definition) is 2. The van der Waals surface area contributed by atoms with E-state index in [0.29, 0.717) is 6.42 Å². The highest BCUT2D eigenvalue weighted by atomic mass is 16.5. The Balaban J connectivity index is 1.48. The van der Waals surface area contributed by atoms with E-state index in [0.717, 1.165) is 16.9 Å². The third-order valence-corrected chi connectivity index (χ3v) is 3.47. The number of benzene rings is 2. The van der Waals surface area contributed by atoms with E-state index in [1.54, 1.807) is 0 Å². The van der Waals surface area contributed by atoms with Crippen molar-refractivity contribution in [1.29, 1.82) is 0 Å². The highest BCUT2D eigenvalue weighted by molar-refractivity contribution is 5.86. The van der Waals surface area contributed by atoms with Gasteiger partial charge in [-0.25, -0.2) is 0 Å². The van der Waals surface area contributed by atoms with Crippen molar-refractivity contribution >= 4 is 11.8 Å². The van der Waals surface area contributed by atoms with E-state index < -0.39 is 6.10 Å². The van der Waals surface area contributed by atoms with Crippen LogP contribution in [0.2, 0.25) is 0 Å². The minimum atomic E-state index is -0.602. The molecule has 5 heteroatoms. The van der Waals surface area contributed by atoms with E-state index in [1.165, 1.54) is 0 Å². The first-order valence-electron chi connectivity index (χ1n) is 7.09. The molecule has 0 radical (unpaired) electrons. The Hall–Kier alpha value is -2.82. The Labute approximate surface area is 128 Å². The summed E-state index contributed by atoms with van der Waals surface area (Å²) in [5.74, 6) is 0.103. The quantitative estimate of drug-likeness (QED) is 0.841. The first kappa shape index (κ1) is 14.1. The van der Waals surface area contributed by atoms with Gasteiger partial charge in [0.2, 0.25) is 5.91 Å². The van der Waals surface area contributed by atoms with E-state index in [-0.39, 0.29) is 18.2 Å². The van der Waals surface area contributed by atoms with E-state index in [9.17, 15) is 9.59 Å². The summed E-state index contributed by atoms with van der Waals surface area (Å²) < 4.78 is 5.56. The summed E-state index contributed by atoms with van der Waals surface area (Å²) in [4.78, 5) is 23.8. The minimum Gasteiger partial charge on any atom is -0.480 e. The van der Waals surface area contributed by atoms with Gasteiger partial charge in [0.05, 0.1) is 6.42 Å². The van der Waals surface area contributed by atoms with E-state index in [4.69, 9.17) is 4.74 Å². The van der Waals surface area contributed by atoms with Gasteiger partial charge in [0.15, 0.2) is 6.10 Å². The Morgan fingerprint density at radius 1 is 1.00 bits per heavy atom. The number of hydrazine groups is 1. The van der Waals surface area contributed by atoms with Crippen molar-refractivity contribution in [2.24, 2.45) is 0 Å². The lowest BCUT2D eigenvalue weighted by molar-refractivity contribution is -0.132. The van der Waals surface area contributed by atoms with Gasteiger partial charge < -0.3 is 4.74 Å². The summed E-state index contributed by atoms with van der Waals surface area (Å²) in [7, 11) is 0. The molecule has 1 heterocycles. The summed E-state index contributed by atoms with van der Waals surface area (Å²) in [6.07, 6.45) is 0.123. The molecular weight excluding hydrogens is 280 g/mol. The topological polar surface area (TPSA) is 67.4 Å². The summed E-state index contributed by atoms with van der Waals surface area (Å²) in [6, 6.07) is 16.9. The Bertz CT molecular complexity index is 660. The second-order valence-corrected chi connectivity index (χ2v) is 5.12. The molecule has 0 aromatic heterocycles. The van der Waals surface area contributed by atoms with Gasteiger partial charge in [-0.3, -0.25) is 20.4 Å². The number of amides is 2. The van der Waals surface area contributed by atoms with Crippen LogP contribution in [-0.2, 0) is 22.4 Å². The first-order chi connectivity index (χ1) is 10.7. The number of ether oxygens (including phenoxy) is 1. The minimum absolute atomic E-state index is 0.215. The molecular formula is C17H16N2O3. The van der Waals surface area contributed by atoms with Crippen LogP contribution in [0.3, 0.4) is 0 Å². The predicted octanol–water partition coefficient (Wildman–Crippen LogP) is 1.38. The highest BCUT2D eigenvalue weighted by Gasteiger charge is 2.28. The van der Waals surface area contributed by atoms with Crippen LogP contribution in [-0.4, -0.2) is 17.9 Å². The maximum atomic E-state index is 12.0. The molecule has 0 saturated carbocycles. The highest BCUT2D eigenvalue weighted by Crippen LogP contribution is 2.27. The van der Waals surface area contributed by atoms with Gasteiger partial charge in [-0.05, 0) is 17.2 Å². The van der Waals surface area contributed by atoms with Gasteiger partial charge in [-0.2, -0.15) is 0 Å². The zero-order valence-corrected chi connectivity index (χ0v) is 11.9. The Morgan fingerprint density at radius 3 is 2.50 bits per heavy atom. The van der Waals surface area contributed by atoms with Crippen molar-refractivity contribution in [1.82, 2.24) is 10.9 Å². The van der Waals surface area contributed by atoms with Crippen molar-refractivity contribution in [3.8, 4) is 5.75 Å². The summed E-state index contributed by atoms with van der Waals surface area (Å²) in [6.45, 7) is 0. The normalized spacial score (nSPS) is 15.5. The van der Waals surface area contributed by atoms with Gasteiger partial charge in [-0.15, -0.1) is 0 Å². The number of nitrogens with one attached hydrogen (secondary N) is 2. The molecule has 2 N–H and O–H groups in total. The van der Waals surface area contributed by atoms with Crippen LogP contribution < -0.4 is 15.6 Å². The number of para-hydroxylation sites is 1. The summed E-state index contributed by atoms with van der Waals surface area (Å²) in [5.41, 5.74) is 6.72. The lowest BCUT2D eigenvalue weighted by atomic mass is 10.1. The maximum absolute atomic E-state index is 12.0. The summed E-state index contributed by atoms with van der Waals surface area (Å²) in [5, 5.41) is 0. The first-order valence-corrected chi connectivity index (χ1v) is 7.09. The maximum Gasteiger partial charge on any atom is 0.279 e. The van der Waals surface area contributed by atoms with Crippen molar-refractivity contribution < 1.29 is 14.3 Å². The molecule has 2 aromatic carbocycles. The molecule has 0 unspecified atom stereocenters. The van der Waals surface area contributed by atoms with E-state index >= 15 is 0 Å². The largest absolute Gasteiger partial charge is 0.480 e. The Morgan fingerprint density at radius 2 is 1.73 bits per heavy atom. The fourth-order valence-electron chi connectivity index (χ4n) is 2.37. The standard InChI is InChI=1S/C17H16N2O3/c20-16(10-12-6-2-1-3-7-12)18-19-17(21)15-11-13-8-4-5-9-14(13)22-15/h1-9,15H,10-11H2,(H,18,20)(H,19,21)/t15-/m1/s1. The van der Waals surface area contributed by atoms with Gasteiger partial charge in [0.25, 0.3) is 5.91 Å². The molecule has 0 saturated heterocycles. The van der Waals surface area contributed by atoms with Gasteiger partial charge >= 0.3 is 0 Å². The fourth-order valence-corrected chi connectivity index (χ4v) is 2.37. The van der Waals surface area contributed by atoms with Crippen LogP contribution in [0.5, 0.6) is 5.75 Å². The molecule has 112 valence electrons. The molecule has 1 aliphatic heterocycles. The van der Waals surface area contributed by atoms with Gasteiger partial charge in [-0.1, -0.05) is 48.5 Å². The fraction of sp³-hybridized carbons (Fsp3) is 0.176. The molecule has 2 aromatic rings. The Kier molecular flexibility index (Phi) is 4.05. The number of rotatable bonds is 3. The molecule has 1 aliphatic rings. The van der Waals surface area contributed by atoms with Gasteiger partial charge in [0, 0.05) is 6.42 Å². The molecule has 0 spiro atoms. The lowest BCUT2D eigenvalue weighted by Crippen LogP contribution is -2.48. The lowest BCUT2D eigenvalue weighted by Gasteiger charge is -2.12. The van der Waals surface area contributed by atoms with Crippen LogP contribution in [0.25, 0.3) is 0 Å². The van der Waals surface area contributed by atoms with Crippen molar-refractivity contribution in [2.75, 3.05) is 0 Å². The molecule has 0 fully saturated rings. The van der Waals surface area contributed by atoms with Crippen LogP contribution >= 0.6 is 0 Å². The number of carbonyl (C=O) groups is 2. The van der Waals surface area contributed by atoms with Crippen molar-refractivity contribution in [2.45, 2.75) is 18.9 Å². The molecule has 0 aliphatic carbocycles. The zero-order valence-electron chi connectivity index (χ0n) is 11.9. The molecule has 5 nitrogen and oxygen atoms in total. The molecule has 3 rings (SSSR count). The molecule has 1 atom stereocenters. The number of fused-ring (bicyclic) bond motifs is 1. The van der Waals surface area contributed by atoms with Crippen LogP contribution in [0, 0.1) is 0 Å². The molecule has 2 amide bonds. The van der Waals surface area contributed by atoms with Crippen LogP contribution in [0.4, 0.5) is 0 Å². The van der Waals surface area contributed by atoms with Crippen LogP contribution in [0.15, 0.2) is 54.6 Å².